The monoisotopic (exact) mass is 465 g/mol. The van der Waals surface area contributed by atoms with Crippen LogP contribution in [0.1, 0.15) is 18.1 Å². The molecular weight excluding hydrogens is 441 g/mol. The minimum atomic E-state index is -0.410. The molecule has 1 aromatic heterocycles. The zero-order chi connectivity index (χ0) is 24.5. The van der Waals surface area contributed by atoms with Crippen LogP contribution < -0.4 is 10.1 Å². The van der Waals surface area contributed by atoms with Gasteiger partial charge in [0, 0.05) is 33.8 Å². The molecule has 0 aliphatic heterocycles. The molecule has 5 heteroatoms. The molecule has 4 nitrogen and oxygen atoms in total. The molecule has 0 aliphatic rings. The molecule has 0 saturated heterocycles. The maximum atomic E-state index is 13.5. The molecule has 0 unspecified atom stereocenters. The highest BCUT2D eigenvalue weighted by Gasteiger charge is 2.19. The number of carbonyl (C=O) groups is 1. The SMILES string of the molecule is COc1c(/C(C)=C/C(=O)Nc2cccc(F)c2)cc2c(-c3cccc4ccccc34)coc2c1C. The van der Waals surface area contributed by atoms with Crippen LogP contribution >= 0.6 is 0 Å². The van der Waals surface area contributed by atoms with E-state index in [1.807, 2.05) is 38.1 Å². The molecular formula is C30H24FNO3. The molecule has 1 heterocycles. The Morgan fingerprint density at radius 2 is 1.74 bits per heavy atom. The molecule has 5 rings (SSSR count). The van der Waals surface area contributed by atoms with Gasteiger partial charge < -0.3 is 14.5 Å². The Morgan fingerprint density at radius 1 is 0.971 bits per heavy atom. The van der Waals surface area contributed by atoms with Crippen LogP contribution in [0.4, 0.5) is 10.1 Å². The van der Waals surface area contributed by atoms with E-state index in [9.17, 15) is 9.18 Å². The summed E-state index contributed by atoms with van der Waals surface area (Å²) in [5, 5.41) is 5.93. The second kappa shape index (κ2) is 9.11. The lowest BCUT2D eigenvalue weighted by Gasteiger charge is -2.14. The first-order valence-corrected chi connectivity index (χ1v) is 11.3. The van der Waals surface area contributed by atoms with Gasteiger partial charge in [-0.2, -0.15) is 0 Å². The van der Waals surface area contributed by atoms with Gasteiger partial charge in [-0.1, -0.05) is 48.5 Å². The average molecular weight is 466 g/mol. The number of fused-ring (bicyclic) bond motifs is 2. The molecule has 0 atom stereocenters. The first-order valence-electron chi connectivity index (χ1n) is 11.3. The van der Waals surface area contributed by atoms with E-state index in [0.717, 1.165) is 44.0 Å². The third-order valence-electron chi connectivity index (χ3n) is 6.19. The Balaban J connectivity index is 1.61. The number of halogens is 1. The normalized spacial score (nSPS) is 11.7. The molecule has 174 valence electrons. The highest BCUT2D eigenvalue weighted by molar-refractivity contribution is 6.08. The molecule has 1 amide bonds. The maximum absolute atomic E-state index is 13.5. The second-order valence-corrected chi connectivity index (χ2v) is 8.46. The van der Waals surface area contributed by atoms with Crippen LogP contribution in [-0.4, -0.2) is 13.0 Å². The van der Waals surface area contributed by atoms with E-state index in [2.05, 4.69) is 29.6 Å². The number of rotatable bonds is 5. The predicted octanol–water partition coefficient (Wildman–Crippen LogP) is 7.75. The second-order valence-electron chi connectivity index (χ2n) is 8.46. The molecule has 0 aliphatic carbocycles. The average Bonchev–Trinajstić information content (AvgIpc) is 3.27. The van der Waals surface area contributed by atoms with Crippen LogP contribution in [0.3, 0.4) is 0 Å². The van der Waals surface area contributed by atoms with Crippen LogP contribution in [0.25, 0.3) is 38.4 Å². The highest BCUT2D eigenvalue weighted by atomic mass is 19.1. The number of methoxy groups -OCH3 is 1. The number of allylic oxidation sites excluding steroid dienone is 1. The number of nitrogens with one attached hydrogen (secondary N) is 1. The Kier molecular flexibility index (Phi) is 5.83. The fourth-order valence-electron chi connectivity index (χ4n) is 4.56. The minimum absolute atomic E-state index is 0.352. The van der Waals surface area contributed by atoms with Crippen molar-refractivity contribution in [2.45, 2.75) is 13.8 Å². The van der Waals surface area contributed by atoms with E-state index in [4.69, 9.17) is 9.15 Å². The zero-order valence-corrected chi connectivity index (χ0v) is 19.7. The summed E-state index contributed by atoms with van der Waals surface area (Å²) < 4.78 is 25.2. The predicted molar refractivity (Wildman–Crippen MR) is 139 cm³/mol. The van der Waals surface area contributed by atoms with Crippen molar-refractivity contribution in [1.82, 2.24) is 0 Å². The van der Waals surface area contributed by atoms with Crippen molar-refractivity contribution in [1.29, 1.82) is 0 Å². The van der Waals surface area contributed by atoms with Gasteiger partial charge in [0.15, 0.2) is 0 Å². The van der Waals surface area contributed by atoms with Gasteiger partial charge in [0.25, 0.3) is 0 Å². The van der Waals surface area contributed by atoms with E-state index in [-0.39, 0.29) is 5.91 Å². The van der Waals surface area contributed by atoms with Crippen molar-refractivity contribution in [3.8, 4) is 16.9 Å². The van der Waals surface area contributed by atoms with Gasteiger partial charge in [-0.25, -0.2) is 4.39 Å². The van der Waals surface area contributed by atoms with Gasteiger partial charge in [-0.05, 0) is 60.0 Å². The van der Waals surface area contributed by atoms with Crippen LogP contribution in [0.5, 0.6) is 5.75 Å². The summed E-state index contributed by atoms with van der Waals surface area (Å²) in [4.78, 5) is 12.7. The molecule has 0 radical (unpaired) electrons. The Morgan fingerprint density at radius 3 is 2.54 bits per heavy atom. The molecule has 4 aromatic carbocycles. The largest absolute Gasteiger partial charge is 0.496 e. The van der Waals surface area contributed by atoms with Gasteiger partial charge >= 0.3 is 0 Å². The quantitative estimate of drug-likeness (QED) is 0.270. The van der Waals surface area contributed by atoms with E-state index in [0.29, 0.717) is 17.0 Å². The molecule has 0 saturated carbocycles. The van der Waals surface area contributed by atoms with Crippen LogP contribution in [0.15, 0.2) is 89.6 Å². The summed E-state index contributed by atoms with van der Waals surface area (Å²) in [7, 11) is 1.60. The topological polar surface area (TPSA) is 51.5 Å². The van der Waals surface area contributed by atoms with E-state index < -0.39 is 5.82 Å². The Labute approximate surface area is 202 Å². The third kappa shape index (κ3) is 4.17. The van der Waals surface area contributed by atoms with Crippen LogP contribution in [-0.2, 0) is 4.79 Å². The molecule has 35 heavy (non-hydrogen) atoms. The number of amides is 1. The number of furan rings is 1. The van der Waals surface area contributed by atoms with Gasteiger partial charge in [0.1, 0.15) is 17.1 Å². The van der Waals surface area contributed by atoms with Crippen molar-refractivity contribution >= 4 is 38.9 Å². The van der Waals surface area contributed by atoms with E-state index >= 15 is 0 Å². The van der Waals surface area contributed by atoms with Gasteiger partial charge in [0.05, 0.1) is 13.4 Å². The molecule has 0 fully saturated rings. The van der Waals surface area contributed by atoms with E-state index in [1.54, 1.807) is 25.5 Å². The smallest absolute Gasteiger partial charge is 0.248 e. The standard InChI is InChI=1S/C30H24FNO3/c1-18(14-28(33)32-22-11-7-10-21(31)15-22)25-16-26-27(17-35-30(26)19(2)29(25)34-3)24-13-6-9-20-8-4-5-12-23(20)24/h4-17H,1-3H3,(H,32,33)/b18-14+. The summed E-state index contributed by atoms with van der Waals surface area (Å²) in [6, 6.07) is 22.3. The molecule has 1 N–H and O–H groups in total. The maximum Gasteiger partial charge on any atom is 0.248 e. The lowest BCUT2D eigenvalue weighted by atomic mass is 9.94. The summed E-state index contributed by atoms with van der Waals surface area (Å²) in [6.45, 7) is 3.80. The minimum Gasteiger partial charge on any atom is -0.496 e. The fraction of sp³-hybridized carbons (Fsp3) is 0.100. The third-order valence-corrected chi connectivity index (χ3v) is 6.19. The number of hydrogen-bond acceptors (Lipinski definition) is 3. The lowest BCUT2D eigenvalue weighted by Crippen LogP contribution is -2.09. The number of benzene rings is 4. The first-order chi connectivity index (χ1) is 17.0. The number of carbonyl (C=O) groups excluding carboxylic acids is 1. The lowest BCUT2D eigenvalue weighted by molar-refractivity contribution is -0.111. The summed E-state index contributed by atoms with van der Waals surface area (Å²) in [5.74, 6) is -0.120. The Hall–Kier alpha value is -4.38. The fourth-order valence-corrected chi connectivity index (χ4v) is 4.56. The van der Waals surface area contributed by atoms with Crippen LogP contribution in [0.2, 0.25) is 0 Å². The van der Waals surface area contributed by atoms with Crippen LogP contribution in [0, 0.1) is 12.7 Å². The summed E-state index contributed by atoms with van der Waals surface area (Å²) in [6.07, 6.45) is 3.27. The first kappa shape index (κ1) is 22.4. The van der Waals surface area contributed by atoms with Gasteiger partial charge in [0.2, 0.25) is 5.91 Å². The molecule has 0 bridgehead atoms. The summed E-state index contributed by atoms with van der Waals surface area (Å²) >= 11 is 0. The van der Waals surface area contributed by atoms with Crippen molar-refractivity contribution < 1.29 is 18.3 Å². The van der Waals surface area contributed by atoms with Gasteiger partial charge in [-0.15, -0.1) is 0 Å². The Bertz CT molecular complexity index is 1610. The van der Waals surface area contributed by atoms with Crippen molar-refractivity contribution in [3.63, 3.8) is 0 Å². The van der Waals surface area contributed by atoms with E-state index in [1.165, 1.54) is 18.2 Å². The number of anilines is 1. The number of aryl methyl sites for hydroxylation is 1. The number of hydrogen-bond donors (Lipinski definition) is 1. The molecule has 0 spiro atoms. The number of ether oxygens (including phenoxy) is 1. The van der Waals surface area contributed by atoms with Gasteiger partial charge in [-0.3, -0.25) is 4.79 Å². The van der Waals surface area contributed by atoms with Crippen molar-refractivity contribution in [2.24, 2.45) is 0 Å². The summed E-state index contributed by atoms with van der Waals surface area (Å²) in [5.41, 5.74) is 5.53. The molecule has 5 aromatic rings. The zero-order valence-electron chi connectivity index (χ0n) is 19.7. The van der Waals surface area contributed by atoms with Crippen molar-refractivity contribution in [2.75, 3.05) is 12.4 Å². The highest BCUT2D eigenvalue weighted by Crippen LogP contribution is 2.42. The van der Waals surface area contributed by atoms with Crippen molar-refractivity contribution in [3.05, 3.63) is 102 Å².